The van der Waals surface area contributed by atoms with Gasteiger partial charge < -0.3 is 10.6 Å². The lowest BCUT2D eigenvalue weighted by molar-refractivity contribution is 0.203. The molecular weight excluding hydrogens is 557 g/mol. The van der Waals surface area contributed by atoms with Gasteiger partial charge in [0, 0.05) is 29.3 Å². The van der Waals surface area contributed by atoms with E-state index in [9.17, 15) is 17.2 Å². The van der Waals surface area contributed by atoms with Gasteiger partial charge in [0.05, 0.1) is 21.3 Å². The van der Waals surface area contributed by atoms with E-state index < -0.39 is 37.9 Å². The third-order valence-corrected chi connectivity index (χ3v) is 10.5. The van der Waals surface area contributed by atoms with Gasteiger partial charge in [0.2, 0.25) is 0 Å². The van der Waals surface area contributed by atoms with E-state index in [0.29, 0.717) is 28.5 Å². The van der Waals surface area contributed by atoms with Crippen LogP contribution in [0.5, 0.6) is 0 Å². The van der Waals surface area contributed by atoms with Gasteiger partial charge in [-0.05, 0) is 80.7 Å². The summed E-state index contributed by atoms with van der Waals surface area (Å²) in [6, 6.07) is 10.8. The Morgan fingerprint density at radius 1 is 1.00 bits per heavy atom. The summed E-state index contributed by atoms with van der Waals surface area (Å²) in [4.78, 5) is 11.4. The number of hydrogen-bond donors (Lipinski definition) is 1. The molecule has 6 rings (SSSR count). The van der Waals surface area contributed by atoms with Crippen LogP contribution < -0.4 is 5.73 Å². The van der Waals surface area contributed by atoms with Crippen LogP contribution in [0.4, 0.5) is 19.0 Å². The molecular formula is C29H27F3N4O2S2. The van der Waals surface area contributed by atoms with E-state index in [-0.39, 0.29) is 17.0 Å². The van der Waals surface area contributed by atoms with E-state index >= 15 is 4.39 Å². The van der Waals surface area contributed by atoms with E-state index in [4.69, 9.17) is 10.7 Å². The summed E-state index contributed by atoms with van der Waals surface area (Å²) in [5, 5.41) is 0.898. The van der Waals surface area contributed by atoms with Crippen molar-refractivity contribution in [2.45, 2.75) is 48.3 Å². The minimum Gasteiger partial charge on any atom is -0.384 e. The first kappa shape index (κ1) is 26.9. The highest BCUT2D eigenvalue weighted by molar-refractivity contribution is 7.90. The average molecular weight is 585 g/mol. The van der Waals surface area contributed by atoms with Gasteiger partial charge >= 0.3 is 0 Å². The third kappa shape index (κ3) is 5.37. The summed E-state index contributed by atoms with van der Waals surface area (Å²) in [5.74, 6) is -3.04. The van der Waals surface area contributed by atoms with Crippen LogP contribution in [0.15, 0.2) is 59.6 Å². The Morgan fingerprint density at radius 2 is 1.77 bits per heavy atom. The van der Waals surface area contributed by atoms with Crippen molar-refractivity contribution >= 4 is 27.0 Å². The summed E-state index contributed by atoms with van der Waals surface area (Å²) in [5.41, 5.74) is 7.06. The molecule has 1 saturated carbocycles. The molecule has 2 aromatic carbocycles. The molecule has 2 N–H and O–H groups in total. The number of piperidine rings is 1. The van der Waals surface area contributed by atoms with Gasteiger partial charge in [-0.25, -0.2) is 31.6 Å². The van der Waals surface area contributed by atoms with Crippen LogP contribution in [-0.4, -0.2) is 42.4 Å². The van der Waals surface area contributed by atoms with Crippen molar-refractivity contribution in [3.63, 3.8) is 0 Å². The molecule has 208 valence electrons. The number of aromatic nitrogens is 2. The number of nitrogen functional groups attached to an aromatic ring is 1. The largest absolute Gasteiger partial charge is 0.384 e. The Kier molecular flexibility index (Phi) is 7.14. The number of pyridine rings is 1. The van der Waals surface area contributed by atoms with Gasteiger partial charge in [-0.3, -0.25) is 0 Å². The zero-order chi connectivity index (χ0) is 28.0. The van der Waals surface area contributed by atoms with Crippen LogP contribution in [0, 0.1) is 17.5 Å². The van der Waals surface area contributed by atoms with Gasteiger partial charge in [-0.2, -0.15) is 0 Å². The molecule has 0 amide bonds. The smallest absolute Gasteiger partial charge is 0.185 e. The molecule has 2 fully saturated rings. The number of thiazole rings is 1. The maximum atomic E-state index is 16.0. The molecule has 1 aliphatic heterocycles. The fraction of sp³-hybridized carbons (Fsp3) is 0.310. The molecule has 0 radical (unpaired) electrons. The normalized spacial score (nSPS) is 16.9. The molecule has 40 heavy (non-hydrogen) atoms. The lowest BCUT2D eigenvalue weighted by Crippen LogP contribution is -2.34. The van der Waals surface area contributed by atoms with Gasteiger partial charge in [0.25, 0.3) is 0 Å². The molecule has 0 atom stereocenters. The van der Waals surface area contributed by atoms with Crippen LogP contribution in [0.25, 0.3) is 21.7 Å². The quantitative estimate of drug-likeness (QED) is 0.279. The van der Waals surface area contributed by atoms with Crippen molar-refractivity contribution in [3.8, 4) is 21.7 Å². The lowest BCUT2D eigenvalue weighted by atomic mass is 9.97. The Hall–Kier alpha value is -3.28. The van der Waals surface area contributed by atoms with Crippen molar-refractivity contribution in [3.05, 3.63) is 82.8 Å². The first-order chi connectivity index (χ1) is 19.2. The van der Waals surface area contributed by atoms with Gasteiger partial charge in [-0.15, -0.1) is 11.3 Å². The fourth-order valence-electron chi connectivity index (χ4n) is 5.30. The van der Waals surface area contributed by atoms with Crippen LogP contribution in [-0.2, 0) is 15.6 Å². The highest BCUT2D eigenvalue weighted by Gasteiger charge is 2.34. The van der Waals surface area contributed by atoms with Crippen LogP contribution >= 0.6 is 11.3 Å². The summed E-state index contributed by atoms with van der Waals surface area (Å²) in [7, 11) is -4.38. The summed E-state index contributed by atoms with van der Waals surface area (Å²) >= 11 is 1.49. The highest BCUT2D eigenvalue weighted by atomic mass is 32.2. The zero-order valence-corrected chi connectivity index (χ0v) is 23.1. The summed E-state index contributed by atoms with van der Waals surface area (Å²) in [6.07, 6.45) is 6.02. The monoisotopic (exact) mass is 584 g/mol. The minimum atomic E-state index is -4.38. The zero-order valence-electron chi connectivity index (χ0n) is 21.5. The van der Waals surface area contributed by atoms with Crippen molar-refractivity contribution in [2.75, 3.05) is 18.8 Å². The van der Waals surface area contributed by atoms with E-state index in [1.165, 1.54) is 30.2 Å². The van der Waals surface area contributed by atoms with Crippen LogP contribution in [0.3, 0.4) is 0 Å². The summed E-state index contributed by atoms with van der Waals surface area (Å²) in [6.45, 7) is 2.00. The van der Waals surface area contributed by atoms with Gasteiger partial charge in [0.1, 0.15) is 28.2 Å². The van der Waals surface area contributed by atoms with Crippen molar-refractivity contribution in [2.24, 2.45) is 0 Å². The molecule has 2 aromatic heterocycles. The SMILES string of the molecule is Nc1cc(-c2sc(C3CCN(C4CC4)CC3)nc2-c2cccc(CS(=O)(=O)c3cc(F)ccc3F)c2F)ccn1. The number of rotatable bonds is 7. The van der Waals surface area contributed by atoms with Gasteiger partial charge in [0.15, 0.2) is 9.84 Å². The fourth-order valence-corrected chi connectivity index (χ4v) is 7.99. The van der Waals surface area contributed by atoms with E-state index in [1.807, 2.05) is 0 Å². The van der Waals surface area contributed by atoms with Crippen LogP contribution in [0.1, 0.15) is 42.2 Å². The van der Waals surface area contributed by atoms with Crippen molar-refractivity contribution < 1.29 is 21.6 Å². The molecule has 2 aliphatic rings. The average Bonchev–Trinajstić information content (AvgIpc) is 3.69. The highest BCUT2D eigenvalue weighted by Crippen LogP contribution is 2.43. The molecule has 0 unspecified atom stereocenters. The number of hydrogen-bond acceptors (Lipinski definition) is 7. The van der Waals surface area contributed by atoms with Crippen molar-refractivity contribution in [1.29, 1.82) is 0 Å². The Morgan fingerprint density at radius 3 is 2.50 bits per heavy atom. The molecule has 6 nitrogen and oxygen atoms in total. The number of sulfone groups is 1. The van der Waals surface area contributed by atoms with E-state index in [2.05, 4.69) is 9.88 Å². The predicted molar refractivity (Wildman–Crippen MR) is 149 cm³/mol. The number of benzene rings is 2. The Balaban J connectivity index is 1.38. The van der Waals surface area contributed by atoms with E-state index in [0.717, 1.165) is 48.6 Å². The lowest BCUT2D eigenvalue weighted by Gasteiger charge is -2.30. The standard InChI is InChI=1S/C29H27F3N4O2S2/c30-20-4-7-23(31)24(15-20)40(37,38)16-19-2-1-3-22(26(19)32)27-28(18-8-11-34-25(33)14-18)39-29(35-27)17-9-12-36(13-10-17)21-5-6-21/h1-4,7-8,11,14-15,17,21H,5-6,9-10,12-13,16H2,(H2,33,34). The van der Waals surface area contributed by atoms with Crippen molar-refractivity contribution in [1.82, 2.24) is 14.9 Å². The maximum Gasteiger partial charge on any atom is 0.185 e. The topological polar surface area (TPSA) is 89.2 Å². The minimum absolute atomic E-state index is 0.135. The molecule has 1 saturated heterocycles. The third-order valence-electron chi connectivity index (χ3n) is 7.54. The number of nitrogens with zero attached hydrogens (tertiary/aromatic N) is 3. The van der Waals surface area contributed by atoms with Gasteiger partial charge in [-0.1, -0.05) is 12.1 Å². The predicted octanol–water partition coefficient (Wildman–Crippen LogP) is 6.19. The number of likely N-dealkylation sites (tertiary alicyclic amines) is 1. The molecule has 3 heterocycles. The molecule has 0 bridgehead atoms. The first-order valence-corrected chi connectivity index (χ1v) is 15.6. The second kappa shape index (κ2) is 10.6. The summed E-state index contributed by atoms with van der Waals surface area (Å²) < 4.78 is 70.0. The first-order valence-electron chi connectivity index (χ1n) is 13.1. The molecule has 1 aliphatic carbocycles. The van der Waals surface area contributed by atoms with Crippen LogP contribution in [0.2, 0.25) is 0 Å². The number of nitrogens with two attached hydrogens (primary N) is 1. The number of halogens is 3. The maximum absolute atomic E-state index is 16.0. The Bertz CT molecular complexity index is 1680. The molecule has 4 aromatic rings. The molecule has 11 heteroatoms. The Labute approximate surface area is 234 Å². The second-order valence-corrected chi connectivity index (χ2v) is 13.3. The molecule has 0 spiro atoms. The second-order valence-electron chi connectivity index (χ2n) is 10.4. The number of anilines is 1. The van der Waals surface area contributed by atoms with E-state index in [1.54, 1.807) is 30.5 Å².